The van der Waals surface area contributed by atoms with Gasteiger partial charge in [0.25, 0.3) is 0 Å². The summed E-state index contributed by atoms with van der Waals surface area (Å²) >= 11 is 0. The first-order chi connectivity index (χ1) is 15.5. The molecule has 2 saturated heterocycles. The fourth-order valence-corrected chi connectivity index (χ4v) is 4.76. The monoisotopic (exact) mass is 431 g/mol. The third kappa shape index (κ3) is 4.40. The molecule has 7 nitrogen and oxygen atoms in total. The zero-order valence-electron chi connectivity index (χ0n) is 18.6. The van der Waals surface area contributed by atoms with E-state index >= 15 is 0 Å². The fourth-order valence-electron chi connectivity index (χ4n) is 4.76. The van der Waals surface area contributed by atoms with E-state index in [0.29, 0.717) is 11.8 Å². The number of hydrazine groups is 1. The average molecular weight is 432 g/mol. The van der Waals surface area contributed by atoms with Crippen molar-refractivity contribution < 1.29 is 9.53 Å². The van der Waals surface area contributed by atoms with E-state index in [1.54, 1.807) is 12.4 Å². The molecule has 2 aromatic carbocycles. The van der Waals surface area contributed by atoms with Gasteiger partial charge in [-0.3, -0.25) is 0 Å². The van der Waals surface area contributed by atoms with Gasteiger partial charge < -0.3 is 9.64 Å². The van der Waals surface area contributed by atoms with Gasteiger partial charge in [0.2, 0.25) is 0 Å². The van der Waals surface area contributed by atoms with Gasteiger partial charge in [-0.25, -0.2) is 14.8 Å². The average Bonchev–Trinajstić information content (AvgIpc) is 3.49. The van der Waals surface area contributed by atoms with Crippen LogP contribution in [0.1, 0.15) is 11.1 Å². The molecule has 2 fully saturated rings. The quantitative estimate of drug-likeness (QED) is 0.614. The minimum Gasteiger partial charge on any atom is -0.457 e. The Morgan fingerprint density at radius 1 is 1.03 bits per heavy atom. The number of hydrogen-bond acceptors (Lipinski definition) is 5. The number of likely N-dealkylation sites (tertiary alicyclic amines) is 1. The minimum atomic E-state index is -0.0114. The molecule has 2 aliphatic heterocycles. The first-order valence-corrected chi connectivity index (χ1v) is 11.1. The highest BCUT2D eigenvalue weighted by molar-refractivity contribution is 5.76. The lowest BCUT2D eigenvalue weighted by atomic mass is 10.0. The largest absolute Gasteiger partial charge is 0.457 e. The molecule has 0 aliphatic carbocycles. The number of rotatable bonds is 5. The molecular weight excluding hydrogens is 402 g/mol. The van der Waals surface area contributed by atoms with Crippen molar-refractivity contribution in [3.05, 3.63) is 78.1 Å². The van der Waals surface area contributed by atoms with Crippen molar-refractivity contribution in [3.63, 3.8) is 0 Å². The topological polar surface area (TPSA) is 53.8 Å². The predicted octanol–water partition coefficient (Wildman–Crippen LogP) is 3.86. The van der Waals surface area contributed by atoms with Gasteiger partial charge in [0.05, 0.1) is 6.20 Å². The van der Waals surface area contributed by atoms with E-state index in [1.165, 1.54) is 10.2 Å². The van der Waals surface area contributed by atoms with Crippen molar-refractivity contribution in [2.75, 3.05) is 33.2 Å². The molecule has 5 rings (SSSR count). The molecule has 0 N–H and O–H groups in total. The van der Waals surface area contributed by atoms with E-state index < -0.39 is 0 Å². The molecule has 3 heterocycles. The molecule has 2 aliphatic rings. The highest BCUT2D eigenvalue weighted by Crippen LogP contribution is 2.32. The molecule has 0 radical (unpaired) electrons. The van der Waals surface area contributed by atoms with E-state index in [9.17, 15) is 4.79 Å². The van der Waals surface area contributed by atoms with Gasteiger partial charge >= 0.3 is 6.03 Å². The van der Waals surface area contributed by atoms with Crippen LogP contribution in [0.5, 0.6) is 11.5 Å². The molecule has 32 heavy (non-hydrogen) atoms. The second-order valence-corrected chi connectivity index (χ2v) is 8.92. The molecule has 7 heteroatoms. The Labute approximate surface area is 188 Å². The summed E-state index contributed by atoms with van der Waals surface area (Å²) in [5.74, 6) is 2.70. The number of para-hydroxylation sites is 1. The molecule has 1 amide bonds. The molecule has 0 saturated carbocycles. The van der Waals surface area contributed by atoms with Gasteiger partial charge in [-0.15, -0.1) is 0 Å². The summed E-state index contributed by atoms with van der Waals surface area (Å²) in [7, 11) is 2.14. The van der Waals surface area contributed by atoms with E-state index in [4.69, 9.17) is 4.74 Å². The standard InChI is InChI=1S/C25H29N5O2/c1-19-12-26-30(13-19)25(31)28-15-21-17-29(18-22(21)16-28)27(2)14-20-7-6-10-24(11-20)32-23-8-4-3-5-9-23/h3-13,21-22H,14-18H2,1-2H3/t21-,22+. The summed E-state index contributed by atoms with van der Waals surface area (Å²) in [5.41, 5.74) is 2.22. The Morgan fingerprint density at radius 3 is 2.44 bits per heavy atom. The minimum absolute atomic E-state index is 0.0114. The lowest BCUT2D eigenvalue weighted by molar-refractivity contribution is 0.00631. The van der Waals surface area contributed by atoms with E-state index in [0.717, 1.165) is 49.8 Å². The summed E-state index contributed by atoms with van der Waals surface area (Å²) in [6.45, 7) is 6.32. The van der Waals surface area contributed by atoms with E-state index in [1.807, 2.05) is 54.3 Å². The smallest absolute Gasteiger partial charge is 0.344 e. The lowest BCUT2D eigenvalue weighted by Gasteiger charge is -2.30. The third-order valence-corrected chi connectivity index (χ3v) is 6.42. The first kappa shape index (κ1) is 20.7. The number of nitrogens with zero attached hydrogens (tertiary/aromatic N) is 5. The fraction of sp³-hybridized carbons (Fsp3) is 0.360. The van der Waals surface area contributed by atoms with Crippen LogP contribution in [0.25, 0.3) is 0 Å². The summed E-state index contributed by atoms with van der Waals surface area (Å²) in [6, 6.07) is 18.1. The number of amides is 1. The number of aryl methyl sites for hydroxylation is 1. The molecule has 3 aromatic rings. The second-order valence-electron chi connectivity index (χ2n) is 8.92. The number of aromatic nitrogens is 2. The maximum absolute atomic E-state index is 12.7. The Kier molecular flexibility index (Phi) is 5.68. The third-order valence-electron chi connectivity index (χ3n) is 6.42. The zero-order chi connectivity index (χ0) is 22.1. The van der Waals surface area contributed by atoms with Gasteiger partial charge in [0, 0.05) is 46.0 Å². The molecule has 1 aromatic heterocycles. The normalized spacial score (nSPS) is 20.7. The molecule has 0 unspecified atom stereocenters. The maximum Gasteiger partial charge on any atom is 0.344 e. The number of hydrogen-bond donors (Lipinski definition) is 0. The van der Waals surface area contributed by atoms with Crippen LogP contribution in [0, 0.1) is 18.8 Å². The predicted molar refractivity (Wildman–Crippen MR) is 122 cm³/mol. The molecular formula is C25H29N5O2. The van der Waals surface area contributed by atoms with Crippen molar-refractivity contribution >= 4 is 6.03 Å². The van der Waals surface area contributed by atoms with E-state index in [2.05, 4.69) is 34.3 Å². The van der Waals surface area contributed by atoms with Crippen LogP contribution in [0.15, 0.2) is 67.0 Å². The zero-order valence-corrected chi connectivity index (χ0v) is 18.6. The summed E-state index contributed by atoms with van der Waals surface area (Å²) in [6.07, 6.45) is 3.53. The Bertz CT molecular complexity index is 1070. The molecule has 0 spiro atoms. The Morgan fingerprint density at radius 2 is 1.75 bits per heavy atom. The van der Waals surface area contributed by atoms with Gasteiger partial charge in [0.1, 0.15) is 11.5 Å². The van der Waals surface area contributed by atoms with Crippen LogP contribution in [-0.2, 0) is 6.54 Å². The first-order valence-electron chi connectivity index (χ1n) is 11.1. The maximum atomic E-state index is 12.7. The number of benzene rings is 2. The van der Waals surface area contributed by atoms with Crippen LogP contribution in [0.4, 0.5) is 4.79 Å². The summed E-state index contributed by atoms with van der Waals surface area (Å²) in [4.78, 5) is 14.6. The highest BCUT2D eigenvalue weighted by Gasteiger charge is 2.43. The summed E-state index contributed by atoms with van der Waals surface area (Å²) in [5, 5.41) is 8.89. The van der Waals surface area contributed by atoms with Gasteiger partial charge in [-0.05, 0) is 54.2 Å². The SMILES string of the molecule is Cc1cnn(C(=O)N2C[C@@H]3CN(N(C)Cc4cccc(Oc5ccccc5)c4)C[C@@H]3C2)c1. The molecule has 0 bridgehead atoms. The lowest BCUT2D eigenvalue weighted by Crippen LogP contribution is -2.41. The van der Waals surface area contributed by atoms with Crippen LogP contribution in [0.3, 0.4) is 0 Å². The summed E-state index contributed by atoms with van der Waals surface area (Å²) < 4.78 is 7.45. The number of ether oxygens (including phenoxy) is 1. The van der Waals surface area contributed by atoms with Crippen LogP contribution >= 0.6 is 0 Å². The van der Waals surface area contributed by atoms with Crippen LogP contribution in [-0.4, -0.2) is 64.0 Å². The van der Waals surface area contributed by atoms with Crippen molar-refractivity contribution in [3.8, 4) is 11.5 Å². The Hall–Kier alpha value is -3.16. The van der Waals surface area contributed by atoms with Gasteiger partial charge in [-0.1, -0.05) is 30.3 Å². The second kappa shape index (κ2) is 8.76. The van der Waals surface area contributed by atoms with Gasteiger partial charge in [-0.2, -0.15) is 9.78 Å². The Balaban J connectivity index is 1.16. The van der Waals surface area contributed by atoms with Crippen molar-refractivity contribution in [1.29, 1.82) is 0 Å². The number of carbonyl (C=O) groups is 1. The van der Waals surface area contributed by atoms with Crippen molar-refractivity contribution in [2.24, 2.45) is 11.8 Å². The molecule has 2 atom stereocenters. The van der Waals surface area contributed by atoms with Gasteiger partial charge in [0.15, 0.2) is 0 Å². The highest BCUT2D eigenvalue weighted by atomic mass is 16.5. The van der Waals surface area contributed by atoms with Crippen LogP contribution in [0.2, 0.25) is 0 Å². The number of fused-ring (bicyclic) bond motifs is 1. The van der Waals surface area contributed by atoms with E-state index in [-0.39, 0.29) is 6.03 Å². The van der Waals surface area contributed by atoms with Crippen molar-refractivity contribution in [1.82, 2.24) is 24.7 Å². The van der Waals surface area contributed by atoms with Crippen LogP contribution < -0.4 is 4.74 Å². The number of carbonyl (C=O) groups excluding carboxylic acids is 1. The molecule has 166 valence electrons. The van der Waals surface area contributed by atoms with Crippen molar-refractivity contribution in [2.45, 2.75) is 13.5 Å².